The minimum Gasteiger partial charge on any atom is -0.490 e. The van der Waals surface area contributed by atoms with E-state index in [1.54, 1.807) is 6.20 Å². The van der Waals surface area contributed by atoms with Crippen LogP contribution in [0.4, 0.5) is 5.69 Å². The predicted molar refractivity (Wildman–Crippen MR) is 95.1 cm³/mol. The number of aromatic nitrogens is 1. The number of anilines is 1. The summed E-state index contributed by atoms with van der Waals surface area (Å²) in [6.45, 7) is 7.27. The second kappa shape index (κ2) is 8.78. The molecule has 5 nitrogen and oxygen atoms in total. The van der Waals surface area contributed by atoms with Crippen molar-refractivity contribution in [2.75, 3.05) is 18.5 Å². The molecule has 0 radical (unpaired) electrons. The number of rotatable bonds is 4. The van der Waals surface area contributed by atoms with Gasteiger partial charge in [-0.05, 0) is 30.7 Å². The van der Waals surface area contributed by atoms with Crippen LogP contribution in [0.3, 0.4) is 0 Å². The summed E-state index contributed by atoms with van der Waals surface area (Å²) < 4.78 is 5.74. The van der Waals surface area contributed by atoms with Gasteiger partial charge in [0.15, 0.2) is 5.96 Å². The van der Waals surface area contributed by atoms with Crippen molar-refractivity contribution in [2.45, 2.75) is 26.8 Å². The van der Waals surface area contributed by atoms with Crippen LogP contribution in [0.5, 0.6) is 5.75 Å². The third-order valence-electron chi connectivity index (χ3n) is 3.15. The Hall–Kier alpha value is -2.56. The summed E-state index contributed by atoms with van der Waals surface area (Å²) in [4.78, 5) is 8.55. The third kappa shape index (κ3) is 5.29. The van der Waals surface area contributed by atoms with Crippen LogP contribution in [0.15, 0.2) is 53.8 Å². The largest absolute Gasteiger partial charge is 0.490 e. The third-order valence-corrected chi connectivity index (χ3v) is 3.15. The molecule has 0 bridgehead atoms. The van der Waals surface area contributed by atoms with Crippen LogP contribution in [0, 0.1) is 6.92 Å². The lowest BCUT2D eigenvalue weighted by Crippen LogP contribution is -2.38. The molecule has 2 aromatic rings. The van der Waals surface area contributed by atoms with Gasteiger partial charge in [0.1, 0.15) is 12.4 Å². The minimum absolute atomic E-state index is 0.178. The summed E-state index contributed by atoms with van der Waals surface area (Å²) >= 11 is 0. The maximum absolute atomic E-state index is 5.74. The Kier molecular flexibility index (Phi) is 6.41. The molecule has 1 aliphatic heterocycles. The number of guanidine groups is 1. The van der Waals surface area contributed by atoms with Crippen LogP contribution < -0.4 is 15.4 Å². The van der Waals surface area contributed by atoms with Gasteiger partial charge in [0.25, 0.3) is 0 Å². The lowest BCUT2D eigenvalue weighted by molar-refractivity contribution is 0.284. The predicted octanol–water partition coefficient (Wildman–Crippen LogP) is 3.23. The summed E-state index contributed by atoms with van der Waals surface area (Å²) in [5.41, 5.74) is 2.11. The van der Waals surface area contributed by atoms with Gasteiger partial charge in [-0.1, -0.05) is 32.0 Å². The van der Waals surface area contributed by atoms with Gasteiger partial charge >= 0.3 is 0 Å². The average Bonchev–Trinajstić information content (AvgIpc) is 3.03. The van der Waals surface area contributed by atoms with E-state index in [-0.39, 0.29) is 6.04 Å². The quantitative estimate of drug-likeness (QED) is 0.910. The van der Waals surface area contributed by atoms with Gasteiger partial charge in [0.2, 0.25) is 0 Å². The van der Waals surface area contributed by atoms with Crippen molar-refractivity contribution in [3.05, 3.63) is 54.4 Å². The molecular formula is C18H24N4O. The first kappa shape index (κ1) is 16.8. The highest BCUT2D eigenvalue weighted by Gasteiger charge is 2.18. The zero-order valence-corrected chi connectivity index (χ0v) is 13.9. The molecule has 122 valence electrons. The number of benzene rings is 1. The molecule has 2 heterocycles. The maximum atomic E-state index is 5.74. The van der Waals surface area contributed by atoms with Crippen LogP contribution in [-0.2, 0) is 0 Å². The number of hydrogen-bond donors (Lipinski definition) is 2. The SMILES string of the molecule is CC.Cc1cncc(OCC2CN=C(Nc3ccccc3)N2)c1. The minimum atomic E-state index is 0.178. The van der Waals surface area contributed by atoms with E-state index in [1.165, 1.54) is 0 Å². The van der Waals surface area contributed by atoms with Crippen molar-refractivity contribution in [3.63, 3.8) is 0 Å². The van der Waals surface area contributed by atoms with Gasteiger partial charge in [0, 0.05) is 11.9 Å². The van der Waals surface area contributed by atoms with Crippen molar-refractivity contribution >= 4 is 11.6 Å². The Morgan fingerprint density at radius 3 is 2.74 bits per heavy atom. The number of hydrogen-bond acceptors (Lipinski definition) is 5. The zero-order chi connectivity index (χ0) is 16.5. The first-order chi connectivity index (χ1) is 11.3. The van der Waals surface area contributed by atoms with E-state index in [4.69, 9.17) is 4.74 Å². The molecule has 0 aliphatic carbocycles. The highest BCUT2D eigenvalue weighted by molar-refractivity contribution is 5.94. The van der Waals surface area contributed by atoms with Crippen molar-refractivity contribution in [1.29, 1.82) is 0 Å². The van der Waals surface area contributed by atoms with E-state index < -0.39 is 0 Å². The van der Waals surface area contributed by atoms with Gasteiger partial charge in [-0.3, -0.25) is 9.98 Å². The smallest absolute Gasteiger partial charge is 0.196 e. The molecule has 0 saturated carbocycles. The standard InChI is InChI=1S/C16H18N4O.C2H6/c1-12-7-15(10-17-8-12)21-11-14-9-18-16(20-14)19-13-5-3-2-4-6-13;1-2/h2-8,10,14H,9,11H2,1H3,(H2,18,19,20);1-2H3. The van der Waals surface area contributed by atoms with E-state index in [2.05, 4.69) is 20.6 Å². The normalized spacial score (nSPS) is 15.8. The van der Waals surface area contributed by atoms with Crippen LogP contribution in [0.25, 0.3) is 0 Å². The van der Waals surface area contributed by atoms with Crippen LogP contribution in [0.2, 0.25) is 0 Å². The summed E-state index contributed by atoms with van der Waals surface area (Å²) in [5, 5.41) is 6.57. The van der Waals surface area contributed by atoms with E-state index in [1.807, 2.05) is 63.4 Å². The Morgan fingerprint density at radius 2 is 2.00 bits per heavy atom. The van der Waals surface area contributed by atoms with Gasteiger partial charge in [-0.2, -0.15) is 0 Å². The molecule has 1 aromatic carbocycles. The van der Waals surface area contributed by atoms with Gasteiger partial charge in [-0.15, -0.1) is 0 Å². The number of para-hydroxylation sites is 1. The average molecular weight is 312 g/mol. The Bertz CT molecular complexity index is 628. The highest BCUT2D eigenvalue weighted by Crippen LogP contribution is 2.11. The molecule has 5 heteroatoms. The number of aliphatic imine (C=N–C) groups is 1. The summed E-state index contributed by atoms with van der Waals surface area (Å²) in [6.07, 6.45) is 3.54. The second-order valence-corrected chi connectivity index (χ2v) is 5.03. The molecular weight excluding hydrogens is 288 g/mol. The Morgan fingerprint density at radius 1 is 1.22 bits per heavy atom. The van der Waals surface area contributed by atoms with E-state index in [0.29, 0.717) is 13.2 Å². The van der Waals surface area contributed by atoms with E-state index >= 15 is 0 Å². The number of nitrogens with one attached hydrogen (secondary N) is 2. The molecule has 0 amide bonds. The number of ether oxygens (including phenoxy) is 1. The fourth-order valence-corrected chi connectivity index (χ4v) is 2.12. The van der Waals surface area contributed by atoms with Crippen LogP contribution >= 0.6 is 0 Å². The molecule has 2 N–H and O–H groups in total. The number of nitrogens with zero attached hydrogens (tertiary/aromatic N) is 2. The molecule has 1 aromatic heterocycles. The highest BCUT2D eigenvalue weighted by atomic mass is 16.5. The Balaban J connectivity index is 0.000000924. The topological polar surface area (TPSA) is 58.5 Å². The molecule has 1 unspecified atom stereocenters. The Labute approximate surface area is 137 Å². The van der Waals surface area contributed by atoms with Crippen molar-refractivity contribution < 1.29 is 4.74 Å². The van der Waals surface area contributed by atoms with Crippen LogP contribution in [-0.4, -0.2) is 30.1 Å². The van der Waals surface area contributed by atoms with Crippen LogP contribution in [0.1, 0.15) is 19.4 Å². The molecule has 1 atom stereocenters. The monoisotopic (exact) mass is 312 g/mol. The second-order valence-electron chi connectivity index (χ2n) is 5.03. The van der Waals surface area contributed by atoms with Crippen molar-refractivity contribution in [2.24, 2.45) is 4.99 Å². The molecule has 0 saturated heterocycles. The van der Waals surface area contributed by atoms with Crippen molar-refractivity contribution in [1.82, 2.24) is 10.3 Å². The van der Waals surface area contributed by atoms with Gasteiger partial charge in [-0.25, -0.2) is 0 Å². The van der Waals surface area contributed by atoms with Crippen molar-refractivity contribution in [3.8, 4) is 5.75 Å². The fraction of sp³-hybridized carbons (Fsp3) is 0.333. The van der Waals surface area contributed by atoms with E-state index in [0.717, 1.165) is 23.0 Å². The van der Waals surface area contributed by atoms with Gasteiger partial charge < -0.3 is 15.4 Å². The summed E-state index contributed by atoms with van der Waals surface area (Å²) in [5.74, 6) is 1.58. The molecule has 1 aliphatic rings. The molecule has 3 rings (SSSR count). The number of aryl methyl sites for hydroxylation is 1. The lowest BCUT2D eigenvalue weighted by Gasteiger charge is -2.14. The summed E-state index contributed by atoms with van der Waals surface area (Å²) in [7, 11) is 0. The van der Waals surface area contributed by atoms with Gasteiger partial charge in [0.05, 0.1) is 18.8 Å². The lowest BCUT2D eigenvalue weighted by atomic mass is 10.3. The molecule has 0 spiro atoms. The first-order valence-corrected chi connectivity index (χ1v) is 7.97. The summed E-state index contributed by atoms with van der Waals surface area (Å²) in [6, 6.07) is 12.1. The fourth-order valence-electron chi connectivity index (χ4n) is 2.12. The molecule has 0 fully saturated rings. The first-order valence-electron chi connectivity index (χ1n) is 7.97. The molecule has 23 heavy (non-hydrogen) atoms. The zero-order valence-electron chi connectivity index (χ0n) is 13.9. The number of pyridine rings is 1. The van der Waals surface area contributed by atoms with E-state index in [9.17, 15) is 0 Å². The maximum Gasteiger partial charge on any atom is 0.196 e.